The number of rotatable bonds is 47. The van der Waals surface area contributed by atoms with Gasteiger partial charge in [-0.05, 0) is 54.4 Å². The first kappa shape index (κ1) is 77.4. The summed E-state index contributed by atoms with van der Waals surface area (Å²) >= 11 is 0. The first-order chi connectivity index (χ1) is 45.9. The van der Waals surface area contributed by atoms with Crippen LogP contribution in [-0.4, -0.2) is 136 Å². The van der Waals surface area contributed by atoms with Gasteiger partial charge in [0.1, 0.15) is 66.1 Å². The smallest absolute Gasteiger partial charge is 0.306 e. The molecule has 0 unspecified atom stereocenters. The molecule has 4 aromatic carbocycles. The summed E-state index contributed by atoms with van der Waals surface area (Å²) in [6, 6.07) is 35.9. The van der Waals surface area contributed by atoms with Crippen molar-refractivity contribution in [2.24, 2.45) is 0 Å². The molecule has 514 valence electrons. The Labute approximate surface area is 550 Å². The molecule has 0 saturated carbocycles. The topological polar surface area (TPSA) is 342 Å². The van der Waals surface area contributed by atoms with Crippen molar-refractivity contribution in [2.75, 3.05) is 39.6 Å². The van der Waals surface area contributed by atoms with Crippen molar-refractivity contribution in [1.82, 2.24) is 0 Å². The second-order valence-electron chi connectivity index (χ2n) is 21.2. The van der Waals surface area contributed by atoms with Crippen LogP contribution in [0.15, 0.2) is 121 Å². The van der Waals surface area contributed by atoms with Gasteiger partial charge in [0, 0.05) is 57.8 Å². The predicted molar refractivity (Wildman–Crippen MR) is 329 cm³/mol. The van der Waals surface area contributed by atoms with Gasteiger partial charge in [-0.1, -0.05) is 128 Å². The highest BCUT2D eigenvalue weighted by molar-refractivity contribution is 5.79. The van der Waals surface area contributed by atoms with E-state index in [1.54, 1.807) is 104 Å². The third kappa shape index (κ3) is 38.6. The number of carbonyl (C=O) groups excluding carboxylic acids is 13. The van der Waals surface area contributed by atoms with E-state index in [-0.39, 0.29) is 110 Å². The summed E-state index contributed by atoms with van der Waals surface area (Å²) in [5.41, 5.74) is 3.11. The van der Waals surface area contributed by atoms with Crippen LogP contribution >= 0.6 is 0 Å². The number of ether oxygens (including phenoxy) is 13. The van der Waals surface area contributed by atoms with Gasteiger partial charge >= 0.3 is 77.6 Å². The fraction of sp³-hybridized carbons (Fsp3) is 0.464. The number of hydrogen-bond acceptors (Lipinski definition) is 26. The summed E-state index contributed by atoms with van der Waals surface area (Å²) < 4.78 is 68.7. The van der Waals surface area contributed by atoms with Crippen LogP contribution in [0, 0.1) is 0 Å². The lowest BCUT2D eigenvalue weighted by Crippen LogP contribution is -2.32. The molecule has 0 atom stereocenters. The molecule has 0 aliphatic heterocycles. The van der Waals surface area contributed by atoms with Gasteiger partial charge in [0.05, 0.1) is 25.7 Å². The molecule has 0 N–H and O–H groups in total. The van der Waals surface area contributed by atoms with E-state index < -0.39 is 161 Å². The van der Waals surface area contributed by atoms with E-state index >= 15 is 0 Å². The summed E-state index contributed by atoms with van der Waals surface area (Å²) in [6.07, 6.45) is -7.20. The van der Waals surface area contributed by atoms with E-state index in [0.717, 1.165) is 22.3 Å². The molecule has 0 heterocycles. The standard InChI is InChI=1S/C69H82O26/c1-2-19-67(80)93-54(48-91-65(78)36-38-68(81)94-55(44-87-61(74)32-15-28-57(70)83-40-50-20-7-3-8-21-50)45-88-62(75)33-16-29-58(71)84-41-51-22-9-4-10-23-51)49-92-66(79)37-39-69(82)95-56(46-89-63(76)34-17-30-59(72)85-42-52-24-11-5-12-25-52)47-90-64(77)35-18-31-60(73)86-43-53-26-13-6-14-27-53/h3-14,20-27,54-56H,2,15-19,28-49H2,1H3. The summed E-state index contributed by atoms with van der Waals surface area (Å²) in [7, 11) is 0. The molecule has 0 aliphatic rings. The predicted octanol–water partition coefficient (Wildman–Crippen LogP) is 8.00. The molecule has 4 rings (SSSR count). The van der Waals surface area contributed by atoms with Crippen LogP contribution < -0.4 is 0 Å². The molecular weight excluding hydrogens is 1240 g/mol. The van der Waals surface area contributed by atoms with Crippen molar-refractivity contribution < 1.29 is 124 Å². The average molecular weight is 1330 g/mol. The Balaban J connectivity index is 1.24. The van der Waals surface area contributed by atoms with Gasteiger partial charge in [-0.25, -0.2) is 0 Å². The lowest BCUT2D eigenvalue weighted by molar-refractivity contribution is -0.170. The number of esters is 13. The molecule has 0 bridgehead atoms. The fourth-order valence-corrected chi connectivity index (χ4v) is 7.99. The fourth-order valence-electron chi connectivity index (χ4n) is 7.99. The van der Waals surface area contributed by atoms with Crippen LogP contribution in [0.4, 0.5) is 0 Å². The summed E-state index contributed by atoms with van der Waals surface area (Å²) in [5, 5.41) is 0. The molecule has 0 aliphatic carbocycles. The van der Waals surface area contributed by atoms with Gasteiger partial charge in [-0.3, -0.25) is 62.3 Å². The maximum atomic E-state index is 13.1. The highest BCUT2D eigenvalue weighted by atomic mass is 16.6. The molecule has 4 aromatic rings. The molecule has 0 amide bonds. The van der Waals surface area contributed by atoms with Crippen molar-refractivity contribution in [3.8, 4) is 0 Å². The normalized spacial score (nSPS) is 10.7. The van der Waals surface area contributed by atoms with E-state index in [0.29, 0.717) is 6.42 Å². The van der Waals surface area contributed by atoms with E-state index in [1.165, 1.54) is 0 Å². The van der Waals surface area contributed by atoms with Crippen molar-refractivity contribution in [2.45, 2.75) is 167 Å². The van der Waals surface area contributed by atoms with Crippen molar-refractivity contribution in [3.05, 3.63) is 144 Å². The zero-order valence-corrected chi connectivity index (χ0v) is 53.2. The Bertz CT molecular complexity index is 2680. The second-order valence-corrected chi connectivity index (χ2v) is 21.2. The molecule has 0 radical (unpaired) electrons. The first-order valence-electron chi connectivity index (χ1n) is 31.2. The Hall–Kier alpha value is -10.0. The maximum Gasteiger partial charge on any atom is 0.306 e. The minimum absolute atomic E-state index is 0.0485. The first-order valence-corrected chi connectivity index (χ1v) is 31.2. The van der Waals surface area contributed by atoms with Crippen molar-refractivity contribution >= 4 is 77.6 Å². The van der Waals surface area contributed by atoms with E-state index in [1.807, 2.05) is 24.3 Å². The summed E-state index contributed by atoms with van der Waals surface area (Å²) in [4.78, 5) is 164. The monoisotopic (exact) mass is 1330 g/mol. The SMILES string of the molecule is CCCC(=O)OC(COC(=O)CCC(=O)OC(COC(=O)CCCC(=O)OCc1ccccc1)COC(=O)CCCC(=O)OCc1ccccc1)COC(=O)CCC(=O)OC(COC(=O)CCCC(=O)OCc1ccccc1)COC(=O)CCCC(=O)OCc1ccccc1. The Morgan fingerprint density at radius 2 is 0.411 bits per heavy atom. The van der Waals surface area contributed by atoms with Gasteiger partial charge in [0.2, 0.25) is 0 Å². The molecule has 26 heteroatoms. The van der Waals surface area contributed by atoms with E-state index in [2.05, 4.69) is 0 Å². The zero-order valence-electron chi connectivity index (χ0n) is 53.2. The number of benzene rings is 4. The average Bonchev–Trinajstić information content (AvgIpc) is 3.13. The van der Waals surface area contributed by atoms with Crippen LogP contribution in [0.1, 0.15) is 145 Å². The van der Waals surface area contributed by atoms with Crippen molar-refractivity contribution in [1.29, 1.82) is 0 Å². The van der Waals surface area contributed by atoms with Gasteiger partial charge in [-0.15, -0.1) is 0 Å². The Morgan fingerprint density at radius 1 is 0.232 bits per heavy atom. The molecular formula is C69H82O26. The third-order valence-corrected chi connectivity index (χ3v) is 13.0. The van der Waals surface area contributed by atoms with Crippen molar-refractivity contribution in [3.63, 3.8) is 0 Å². The van der Waals surface area contributed by atoms with Gasteiger partial charge in [0.25, 0.3) is 0 Å². The molecule has 0 fully saturated rings. The lowest BCUT2D eigenvalue weighted by atomic mass is 10.2. The van der Waals surface area contributed by atoms with Crippen LogP contribution in [0.25, 0.3) is 0 Å². The lowest BCUT2D eigenvalue weighted by Gasteiger charge is -2.19. The Kier molecular flexibility index (Phi) is 38.3. The number of hydrogen-bond donors (Lipinski definition) is 0. The van der Waals surface area contributed by atoms with E-state index in [4.69, 9.17) is 61.6 Å². The molecule has 26 nitrogen and oxygen atoms in total. The molecule has 0 aromatic heterocycles. The quantitative estimate of drug-likeness (QED) is 0.0298. The molecule has 0 spiro atoms. The highest BCUT2D eigenvalue weighted by Gasteiger charge is 2.25. The van der Waals surface area contributed by atoms with Gasteiger partial charge in [-0.2, -0.15) is 0 Å². The Morgan fingerprint density at radius 3 is 0.621 bits per heavy atom. The zero-order chi connectivity index (χ0) is 68.7. The maximum absolute atomic E-state index is 13.1. The highest BCUT2D eigenvalue weighted by Crippen LogP contribution is 2.14. The van der Waals surface area contributed by atoms with Gasteiger partial charge < -0.3 is 61.6 Å². The van der Waals surface area contributed by atoms with Crippen LogP contribution in [-0.2, 0) is 150 Å². The number of carbonyl (C=O) groups is 13. The summed E-state index contributed by atoms with van der Waals surface area (Å²) in [6.45, 7) is -1.79. The van der Waals surface area contributed by atoms with E-state index in [9.17, 15) is 62.3 Å². The molecule has 0 saturated heterocycles. The summed E-state index contributed by atoms with van der Waals surface area (Å²) in [5.74, 6) is -10.0. The molecule has 95 heavy (non-hydrogen) atoms. The minimum Gasteiger partial charge on any atom is -0.462 e. The van der Waals surface area contributed by atoms with Gasteiger partial charge in [0.15, 0.2) is 18.3 Å². The van der Waals surface area contributed by atoms with Crippen LogP contribution in [0.3, 0.4) is 0 Å². The van der Waals surface area contributed by atoms with Crippen LogP contribution in [0.2, 0.25) is 0 Å². The third-order valence-electron chi connectivity index (χ3n) is 13.0. The largest absolute Gasteiger partial charge is 0.462 e. The minimum atomic E-state index is -1.37. The van der Waals surface area contributed by atoms with Crippen LogP contribution in [0.5, 0.6) is 0 Å². The second kappa shape index (κ2) is 47.0.